The van der Waals surface area contributed by atoms with Gasteiger partial charge in [0.15, 0.2) is 0 Å². The lowest BCUT2D eigenvalue weighted by Gasteiger charge is -2.29. The summed E-state index contributed by atoms with van der Waals surface area (Å²) in [5.41, 5.74) is 4.45. The molecule has 2 aliphatic carbocycles. The summed E-state index contributed by atoms with van der Waals surface area (Å²) in [6, 6.07) is 24.2. The molecule has 1 heterocycles. The Balaban J connectivity index is 1.14. The molecule has 3 amide bonds. The monoisotopic (exact) mass is 679 g/mol. The minimum absolute atomic E-state index is 0.0192. The van der Waals surface area contributed by atoms with Crippen LogP contribution in [0.1, 0.15) is 80.1 Å². The molecule has 50 heavy (non-hydrogen) atoms. The highest BCUT2D eigenvalue weighted by Crippen LogP contribution is 2.44. The van der Waals surface area contributed by atoms with Gasteiger partial charge in [-0.1, -0.05) is 104 Å². The van der Waals surface area contributed by atoms with Gasteiger partial charge in [0.05, 0.1) is 24.6 Å². The predicted octanol–water partition coefficient (Wildman–Crippen LogP) is 5.46. The molecule has 6 rings (SSSR count). The van der Waals surface area contributed by atoms with E-state index in [0.717, 1.165) is 35.1 Å². The van der Waals surface area contributed by atoms with Crippen molar-refractivity contribution < 1.29 is 33.8 Å². The third-order valence-electron chi connectivity index (χ3n) is 10.1. The molecule has 4 N–H and O–H groups in total. The maximum atomic E-state index is 13.6. The van der Waals surface area contributed by atoms with E-state index in [4.69, 9.17) is 9.47 Å². The first kappa shape index (κ1) is 34.9. The number of ether oxygens (including phenoxy) is 2. The Morgan fingerprint density at radius 2 is 1.56 bits per heavy atom. The third kappa shape index (κ3) is 8.25. The number of carbonyl (C=O) groups is 4. The smallest absolute Gasteiger partial charge is 0.407 e. The van der Waals surface area contributed by atoms with E-state index in [9.17, 15) is 24.3 Å². The van der Waals surface area contributed by atoms with Crippen molar-refractivity contribution in [2.75, 3.05) is 19.8 Å². The van der Waals surface area contributed by atoms with Gasteiger partial charge in [-0.15, -0.1) is 0 Å². The summed E-state index contributed by atoms with van der Waals surface area (Å²) in [4.78, 5) is 53.4. The molecule has 0 bridgehead atoms. The molecule has 10 heteroatoms. The number of fused-ring (bicyclic) bond motifs is 3. The third-order valence-corrected chi connectivity index (χ3v) is 10.1. The second-order valence-corrected chi connectivity index (χ2v) is 13.5. The number of carbonyl (C=O) groups excluding carboxylic acids is 4. The quantitative estimate of drug-likeness (QED) is 0.183. The highest BCUT2D eigenvalue weighted by molar-refractivity contribution is 5.86. The van der Waals surface area contributed by atoms with E-state index < -0.39 is 35.7 Å². The number of nitrogens with one attached hydrogen (secondary N) is 3. The molecule has 0 unspecified atom stereocenters. The predicted molar refractivity (Wildman–Crippen MR) is 188 cm³/mol. The minimum atomic E-state index is -0.999. The molecular formula is C40H45N3O7. The average molecular weight is 680 g/mol. The largest absolute Gasteiger partial charge is 0.454 e. The van der Waals surface area contributed by atoms with E-state index in [-0.39, 0.29) is 50.3 Å². The van der Waals surface area contributed by atoms with Crippen LogP contribution in [0.2, 0.25) is 0 Å². The zero-order valence-electron chi connectivity index (χ0n) is 28.1. The fourth-order valence-electron chi connectivity index (χ4n) is 7.36. The highest BCUT2D eigenvalue weighted by atomic mass is 16.6. The van der Waals surface area contributed by atoms with E-state index >= 15 is 0 Å². The van der Waals surface area contributed by atoms with E-state index in [2.05, 4.69) is 28.1 Å². The molecule has 0 saturated heterocycles. The summed E-state index contributed by atoms with van der Waals surface area (Å²) in [5.74, 6) is -2.05. The number of allylic oxidation sites excluding steroid dienone is 2. The minimum Gasteiger partial charge on any atom is -0.454 e. The molecule has 0 radical (unpaired) electrons. The lowest BCUT2D eigenvalue weighted by molar-refractivity contribution is -0.152. The van der Waals surface area contributed by atoms with Crippen LogP contribution in [-0.2, 0) is 23.9 Å². The van der Waals surface area contributed by atoms with E-state index in [1.165, 1.54) is 0 Å². The first-order valence-corrected chi connectivity index (χ1v) is 17.6. The normalized spacial score (nSPS) is 22.1. The molecule has 1 fully saturated rings. The Morgan fingerprint density at radius 3 is 2.24 bits per heavy atom. The van der Waals surface area contributed by atoms with Gasteiger partial charge in [-0.2, -0.15) is 0 Å². The summed E-state index contributed by atoms with van der Waals surface area (Å²) < 4.78 is 11.7. The van der Waals surface area contributed by atoms with Crippen molar-refractivity contribution in [3.05, 3.63) is 108 Å². The first-order chi connectivity index (χ1) is 24.4. The second kappa shape index (κ2) is 16.2. The first-order valence-electron chi connectivity index (χ1n) is 17.6. The number of benzene rings is 3. The van der Waals surface area contributed by atoms with Gasteiger partial charge in [-0.05, 0) is 59.9 Å². The SMILES string of the molecule is O=C(C[C@H]1CC=CCC[C@H](NC(=O)OCC2c3ccccc3-c3ccccc32)C(=O)O[C@@H](c2ccccc2)CNC1=O)NC1(CO)CCCC1. The van der Waals surface area contributed by atoms with Crippen LogP contribution in [0.25, 0.3) is 11.1 Å². The molecule has 3 aromatic carbocycles. The zero-order chi connectivity index (χ0) is 34.9. The lowest BCUT2D eigenvalue weighted by Crippen LogP contribution is -2.50. The number of esters is 1. The molecule has 262 valence electrons. The van der Waals surface area contributed by atoms with Crippen LogP contribution in [0.3, 0.4) is 0 Å². The molecule has 3 aromatic rings. The van der Waals surface area contributed by atoms with Crippen LogP contribution in [-0.4, -0.2) is 60.3 Å². The molecule has 10 nitrogen and oxygen atoms in total. The average Bonchev–Trinajstić information content (AvgIpc) is 3.74. The van der Waals surface area contributed by atoms with Crippen molar-refractivity contribution in [1.82, 2.24) is 16.0 Å². The maximum absolute atomic E-state index is 13.6. The van der Waals surface area contributed by atoms with Crippen molar-refractivity contribution in [2.45, 2.75) is 75.0 Å². The van der Waals surface area contributed by atoms with Crippen molar-refractivity contribution in [2.24, 2.45) is 5.92 Å². The number of cyclic esters (lactones) is 1. The Morgan fingerprint density at radius 1 is 0.900 bits per heavy atom. The zero-order valence-corrected chi connectivity index (χ0v) is 28.1. The Hall–Kier alpha value is -4.96. The van der Waals surface area contributed by atoms with Gasteiger partial charge < -0.3 is 30.5 Å². The number of amides is 3. The standard InChI is InChI=1S/C40H45N3O7/c44-26-40(21-11-12-22-40)43-36(45)23-28-15-5-2-6-20-34(38(47)50-35(24-41-37(28)46)27-13-3-1-4-14-27)42-39(48)49-25-33-31-18-9-7-16-29(31)30-17-8-10-19-32(30)33/h1-5,7-10,13-14,16-19,28,33-35,44H,6,11-12,15,20-26H2,(H,41,46)(H,42,48)(H,43,45)/t28-,34+,35-/m1/s1. The van der Waals surface area contributed by atoms with Gasteiger partial charge in [-0.25, -0.2) is 9.59 Å². The number of alkyl carbamates (subject to hydrolysis) is 1. The van der Waals surface area contributed by atoms with Gasteiger partial charge in [-0.3, -0.25) is 9.59 Å². The molecule has 3 atom stereocenters. The van der Waals surface area contributed by atoms with Gasteiger partial charge in [0, 0.05) is 12.3 Å². The Kier molecular flexibility index (Phi) is 11.3. The van der Waals surface area contributed by atoms with E-state index in [1.807, 2.05) is 66.7 Å². The molecule has 0 aromatic heterocycles. The molecule has 1 aliphatic heterocycles. The lowest BCUT2D eigenvalue weighted by atomic mass is 9.95. The topological polar surface area (TPSA) is 143 Å². The number of aliphatic hydroxyl groups is 1. The van der Waals surface area contributed by atoms with Crippen LogP contribution in [0, 0.1) is 5.92 Å². The maximum Gasteiger partial charge on any atom is 0.407 e. The van der Waals surface area contributed by atoms with Crippen LogP contribution in [0.4, 0.5) is 4.79 Å². The Labute approximate surface area is 292 Å². The number of rotatable bonds is 8. The highest BCUT2D eigenvalue weighted by Gasteiger charge is 2.36. The number of aliphatic hydroxyl groups excluding tert-OH is 1. The fraction of sp³-hybridized carbons (Fsp3) is 0.400. The van der Waals surface area contributed by atoms with E-state index in [1.54, 1.807) is 12.1 Å². The van der Waals surface area contributed by atoms with Crippen molar-refractivity contribution >= 4 is 23.9 Å². The summed E-state index contributed by atoms with van der Waals surface area (Å²) in [6.45, 7) is -0.0475. The van der Waals surface area contributed by atoms with Crippen LogP contribution < -0.4 is 16.0 Å². The Bertz CT molecular complexity index is 1660. The second-order valence-electron chi connectivity index (χ2n) is 13.5. The molecule has 1 saturated carbocycles. The number of hydrogen-bond donors (Lipinski definition) is 4. The summed E-state index contributed by atoms with van der Waals surface area (Å²) in [7, 11) is 0. The molecular weight excluding hydrogens is 634 g/mol. The summed E-state index contributed by atoms with van der Waals surface area (Å²) in [5, 5.41) is 18.6. The summed E-state index contributed by atoms with van der Waals surface area (Å²) >= 11 is 0. The van der Waals surface area contributed by atoms with E-state index in [0.29, 0.717) is 31.2 Å². The number of hydrogen-bond acceptors (Lipinski definition) is 7. The van der Waals surface area contributed by atoms with Crippen molar-refractivity contribution in [1.29, 1.82) is 0 Å². The van der Waals surface area contributed by atoms with Gasteiger partial charge in [0.1, 0.15) is 18.8 Å². The molecule has 3 aliphatic rings. The molecule has 0 spiro atoms. The van der Waals surface area contributed by atoms with Gasteiger partial charge >= 0.3 is 12.1 Å². The van der Waals surface area contributed by atoms with Crippen molar-refractivity contribution in [3.8, 4) is 11.1 Å². The van der Waals surface area contributed by atoms with Gasteiger partial charge in [0.2, 0.25) is 11.8 Å². The van der Waals surface area contributed by atoms with Crippen LogP contribution >= 0.6 is 0 Å². The van der Waals surface area contributed by atoms with Crippen molar-refractivity contribution in [3.63, 3.8) is 0 Å². The van der Waals surface area contributed by atoms with Gasteiger partial charge in [0.25, 0.3) is 0 Å². The summed E-state index contributed by atoms with van der Waals surface area (Å²) in [6.07, 6.45) is 6.32. The fourth-order valence-corrected chi connectivity index (χ4v) is 7.36. The van der Waals surface area contributed by atoms with Crippen LogP contribution in [0.15, 0.2) is 91.0 Å². The van der Waals surface area contributed by atoms with Crippen LogP contribution in [0.5, 0.6) is 0 Å².